The Morgan fingerprint density at radius 1 is 1.29 bits per heavy atom. The van der Waals surface area contributed by atoms with Crippen molar-refractivity contribution in [1.82, 2.24) is 9.55 Å². The van der Waals surface area contributed by atoms with Gasteiger partial charge in [-0.25, -0.2) is 4.79 Å². The summed E-state index contributed by atoms with van der Waals surface area (Å²) in [5.41, 5.74) is 5.84. The summed E-state index contributed by atoms with van der Waals surface area (Å²) < 4.78 is 36.4. The minimum absolute atomic E-state index is 0.0499. The minimum atomic E-state index is -1.23. The van der Waals surface area contributed by atoms with Crippen molar-refractivity contribution < 1.29 is 37.9 Å². The van der Waals surface area contributed by atoms with E-state index in [9.17, 15) is 33.7 Å². The van der Waals surface area contributed by atoms with Crippen LogP contribution in [0.1, 0.15) is 50.8 Å². The molecule has 1 fully saturated rings. The van der Waals surface area contributed by atoms with E-state index >= 15 is 0 Å². The zero-order chi connectivity index (χ0) is 30.6. The van der Waals surface area contributed by atoms with Crippen LogP contribution >= 0.6 is 0 Å². The van der Waals surface area contributed by atoms with Crippen molar-refractivity contribution in [1.29, 1.82) is 0 Å². The Kier molecular flexibility index (Phi) is 11.6. The summed E-state index contributed by atoms with van der Waals surface area (Å²) in [6.45, 7) is 1.45. The molecule has 0 radical (unpaired) electrons. The second kappa shape index (κ2) is 15.3. The van der Waals surface area contributed by atoms with Gasteiger partial charge in [-0.1, -0.05) is 18.0 Å². The number of hydrogen-bond acceptors (Lipinski definition) is 11. The van der Waals surface area contributed by atoms with Gasteiger partial charge in [0.25, 0.3) is 11.2 Å². The molecule has 0 aliphatic carbocycles. The number of aromatic nitrogens is 2. The molecule has 0 bridgehead atoms. The van der Waals surface area contributed by atoms with Crippen LogP contribution in [0.5, 0.6) is 5.75 Å². The Hall–Kier alpha value is -4.76. The van der Waals surface area contributed by atoms with Crippen LogP contribution < -0.4 is 16.0 Å². The van der Waals surface area contributed by atoms with Gasteiger partial charge in [0, 0.05) is 36.4 Å². The van der Waals surface area contributed by atoms with Crippen molar-refractivity contribution >= 4 is 17.6 Å². The minimum Gasteiger partial charge on any atom is -0.494 e. The molecule has 16 nitrogen and oxygen atoms in total. The number of rotatable bonds is 15. The summed E-state index contributed by atoms with van der Waals surface area (Å²) in [6.07, 6.45) is 0.0365. The Morgan fingerprint density at radius 2 is 2.05 bits per heavy atom. The van der Waals surface area contributed by atoms with Crippen molar-refractivity contribution in [2.75, 3.05) is 19.8 Å². The van der Waals surface area contributed by atoms with Gasteiger partial charge >= 0.3 is 17.6 Å². The molecule has 0 unspecified atom stereocenters. The molecule has 0 spiro atoms. The molecule has 3 rings (SSSR count). The van der Waals surface area contributed by atoms with Crippen molar-refractivity contribution in [3.8, 4) is 5.75 Å². The number of nitro groups is 1. The normalized spacial score (nSPS) is 17.7. The average molecular weight is 593 g/mol. The van der Waals surface area contributed by atoms with E-state index in [1.807, 2.05) is 0 Å². The van der Waals surface area contributed by atoms with Crippen LogP contribution in [0.4, 0.5) is 10.1 Å². The van der Waals surface area contributed by atoms with E-state index in [4.69, 9.17) is 24.5 Å². The molecular weight excluding hydrogens is 563 g/mol. The van der Waals surface area contributed by atoms with E-state index in [1.54, 1.807) is 4.98 Å². The van der Waals surface area contributed by atoms with E-state index in [0.717, 1.165) is 30.8 Å². The van der Waals surface area contributed by atoms with Crippen LogP contribution in [0.25, 0.3) is 10.4 Å². The molecule has 0 amide bonds. The zero-order valence-electron chi connectivity index (χ0n) is 22.6. The molecule has 1 saturated heterocycles. The number of esters is 2. The fraction of sp³-hybridized carbons (Fsp3) is 0.520. The highest BCUT2D eigenvalue weighted by atomic mass is 19.1. The number of hydrogen-bond donors (Lipinski definition) is 1. The number of nitro benzene ring substituents is 1. The monoisotopic (exact) mass is 592 g/mol. The van der Waals surface area contributed by atoms with E-state index < -0.39 is 65.4 Å². The molecule has 17 heteroatoms. The first-order valence-corrected chi connectivity index (χ1v) is 13.0. The van der Waals surface area contributed by atoms with Crippen LogP contribution in [0.3, 0.4) is 0 Å². The Morgan fingerprint density at radius 3 is 2.76 bits per heavy atom. The SMILES string of the molecule is CC(=O)O[C@H]1C[C@H](n2cc(F)c(=O)[nH]c2=O)O[C@@H]1COC(=O)Cc1cc(OCCCCCCN=[N+]=[N-])ccc1[N+](=O)[O-]. The zero-order valence-corrected chi connectivity index (χ0v) is 22.6. The van der Waals surface area contributed by atoms with E-state index in [2.05, 4.69) is 10.0 Å². The van der Waals surface area contributed by atoms with Crippen molar-refractivity contribution in [2.24, 2.45) is 5.11 Å². The fourth-order valence-electron chi connectivity index (χ4n) is 4.26. The maximum atomic E-state index is 13.8. The van der Waals surface area contributed by atoms with Gasteiger partial charge in [0.15, 0.2) is 0 Å². The first-order valence-electron chi connectivity index (χ1n) is 13.0. The lowest BCUT2D eigenvalue weighted by Gasteiger charge is -2.18. The molecule has 1 N–H and O–H groups in total. The van der Waals surface area contributed by atoms with Crippen LogP contribution in [0, 0.1) is 15.9 Å². The molecule has 226 valence electrons. The maximum Gasteiger partial charge on any atom is 0.330 e. The third kappa shape index (κ3) is 9.14. The summed E-state index contributed by atoms with van der Waals surface area (Å²) in [6, 6.07) is 4.02. The summed E-state index contributed by atoms with van der Waals surface area (Å²) in [5, 5.41) is 15.0. The third-order valence-electron chi connectivity index (χ3n) is 6.21. The number of halogens is 1. The van der Waals surface area contributed by atoms with Gasteiger partial charge < -0.3 is 18.9 Å². The smallest absolute Gasteiger partial charge is 0.330 e. The highest BCUT2D eigenvalue weighted by molar-refractivity contribution is 5.74. The average Bonchev–Trinajstić information content (AvgIpc) is 3.32. The molecular formula is C25H29FN6O10. The van der Waals surface area contributed by atoms with Gasteiger partial charge in [0.05, 0.1) is 24.1 Å². The number of carbonyl (C=O) groups is 2. The lowest BCUT2D eigenvalue weighted by molar-refractivity contribution is -0.385. The van der Waals surface area contributed by atoms with Crippen LogP contribution in [-0.4, -0.2) is 58.4 Å². The second-order valence-corrected chi connectivity index (χ2v) is 9.28. The summed E-state index contributed by atoms with van der Waals surface area (Å²) >= 11 is 0. The number of H-pyrrole nitrogens is 1. The van der Waals surface area contributed by atoms with Crippen LogP contribution in [0.15, 0.2) is 39.1 Å². The number of benzene rings is 1. The molecule has 1 aliphatic heterocycles. The Balaban J connectivity index is 1.60. The van der Waals surface area contributed by atoms with Gasteiger partial charge in [-0.2, -0.15) is 4.39 Å². The Labute approximate surface area is 237 Å². The molecule has 2 aromatic rings. The molecule has 1 aromatic carbocycles. The molecule has 0 saturated carbocycles. The van der Waals surface area contributed by atoms with E-state index in [-0.39, 0.29) is 17.7 Å². The van der Waals surface area contributed by atoms with Crippen LogP contribution in [0.2, 0.25) is 0 Å². The standard InChI is InChI=1S/C25H29FN6O10/c1-15(33)41-20-12-22(31-13-18(26)24(35)29-25(31)36)42-21(20)14-40-23(34)11-16-10-17(6-7-19(16)32(37)38)39-9-5-3-2-4-8-28-30-27/h6-7,10,13,20-22H,2-5,8-9,11-12,14H2,1H3,(H,29,35,36)/t20-,21+,22+/m0/s1. The van der Waals surface area contributed by atoms with Crippen molar-refractivity contribution in [2.45, 2.75) is 63.9 Å². The van der Waals surface area contributed by atoms with Gasteiger partial charge in [0.2, 0.25) is 5.82 Å². The predicted molar refractivity (Wildman–Crippen MR) is 141 cm³/mol. The predicted octanol–water partition coefficient (Wildman–Crippen LogP) is 2.84. The number of nitrogens with one attached hydrogen (secondary N) is 1. The quantitative estimate of drug-likeness (QED) is 0.0606. The van der Waals surface area contributed by atoms with Gasteiger partial charge in [-0.3, -0.25) is 34.0 Å². The van der Waals surface area contributed by atoms with Crippen LogP contribution in [-0.2, 0) is 30.2 Å². The maximum absolute atomic E-state index is 13.8. The number of ether oxygens (including phenoxy) is 4. The summed E-state index contributed by atoms with van der Waals surface area (Å²) in [5.74, 6) is -2.43. The summed E-state index contributed by atoms with van der Waals surface area (Å²) in [4.78, 5) is 63.1. The molecule has 42 heavy (non-hydrogen) atoms. The first-order chi connectivity index (χ1) is 20.1. The lowest BCUT2D eigenvalue weighted by Crippen LogP contribution is -2.34. The Bertz CT molecular complexity index is 1450. The van der Waals surface area contributed by atoms with Gasteiger partial charge in [-0.05, 0) is 30.5 Å². The summed E-state index contributed by atoms with van der Waals surface area (Å²) in [7, 11) is 0. The largest absolute Gasteiger partial charge is 0.494 e. The third-order valence-corrected chi connectivity index (χ3v) is 6.21. The van der Waals surface area contributed by atoms with Crippen molar-refractivity contribution in [3.63, 3.8) is 0 Å². The lowest BCUT2D eigenvalue weighted by atomic mass is 10.1. The number of nitrogens with zero attached hydrogens (tertiary/aromatic N) is 5. The molecule has 1 aliphatic rings. The number of carbonyl (C=O) groups excluding carboxylic acids is 2. The first kappa shape index (κ1) is 31.8. The fourth-order valence-corrected chi connectivity index (χ4v) is 4.26. The molecule has 3 atom stereocenters. The topological polar surface area (TPSA) is 218 Å². The van der Waals surface area contributed by atoms with Gasteiger partial charge in [0.1, 0.15) is 30.8 Å². The number of aromatic amines is 1. The number of unbranched alkanes of at least 4 members (excludes halogenated alkanes) is 3. The number of azide groups is 1. The second-order valence-electron chi connectivity index (χ2n) is 9.28. The van der Waals surface area contributed by atoms with Crippen molar-refractivity contribution in [3.05, 3.63) is 77.2 Å². The highest BCUT2D eigenvalue weighted by Crippen LogP contribution is 2.31. The molecule has 1 aromatic heterocycles. The van der Waals surface area contributed by atoms with E-state index in [0.29, 0.717) is 31.5 Å². The van der Waals surface area contributed by atoms with Gasteiger partial charge in [-0.15, -0.1) is 0 Å². The highest BCUT2D eigenvalue weighted by Gasteiger charge is 2.40. The molecule has 2 heterocycles. The van der Waals surface area contributed by atoms with E-state index in [1.165, 1.54) is 18.2 Å².